The number of fused-ring (bicyclic) bond motifs is 1. The molecular formula is C14H13N3O3. The van der Waals surface area contributed by atoms with Gasteiger partial charge < -0.3 is 4.79 Å². The highest BCUT2D eigenvalue weighted by Gasteiger charge is 2.28. The number of carbonyl (C=O) groups excluding carboxylic acids is 3. The van der Waals surface area contributed by atoms with Crippen molar-refractivity contribution in [1.82, 2.24) is 15.1 Å². The Hall–Kier alpha value is -2.50. The predicted octanol–water partition coefficient (Wildman–Crippen LogP) is 0.755. The minimum Gasteiger partial charge on any atom is -0.301 e. The zero-order valence-corrected chi connectivity index (χ0v) is 10.7. The summed E-state index contributed by atoms with van der Waals surface area (Å²) in [5.41, 5.74) is 1.66. The Morgan fingerprint density at radius 1 is 1.40 bits per heavy atom. The lowest BCUT2D eigenvalue weighted by molar-refractivity contribution is -0.134. The molecule has 0 spiro atoms. The number of imide groups is 1. The van der Waals surface area contributed by atoms with Gasteiger partial charge in [0.1, 0.15) is 6.29 Å². The highest BCUT2D eigenvalue weighted by atomic mass is 16.2. The summed E-state index contributed by atoms with van der Waals surface area (Å²) >= 11 is 0. The second-order valence-corrected chi connectivity index (χ2v) is 4.82. The van der Waals surface area contributed by atoms with Crippen molar-refractivity contribution < 1.29 is 14.4 Å². The quantitative estimate of drug-likeness (QED) is 0.660. The number of amides is 2. The molecule has 1 aliphatic rings. The van der Waals surface area contributed by atoms with E-state index < -0.39 is 0 Å². The van der Waals surface area contributed by atoms with E-state index in [2.05, 4.69) is 10.4 Å². The Bertz CT molecular complexity index is 705. The fourth-order valence-electron chi connectivity index (χ4n) is 2.53. The first-order chi connectivity index (χ1) is 9.69. The molecule has 0 radical (unpaired) electrons. The zero-order chi connectivity index (χ0) is 14.1. The molecule has 2 amide bonds. The average molecular weight is 271 g/mol. The molecule has 0 aliphatic carbocycles. The number of nitrogens with zero attached hydrogens (tertiary/aromatic N) is 2. The third-order valence-electron chi connectivity index (χ3n) is 3.56. The summed E-state index contributed by atoms with van der Waals surface area (Å²) in [7, 11) is 0. The third-order valence-corrected chi connectivity index (χ3v) is 3.56. The number of carbonyl (C=O) groups is 3. The maximum Gasteiger partial charge on any atom is 0.234 e. The van der Waals surface area contributed by atoms with Crippen molar-refractivity contribution in [2.24, 2.45) is 0 Å². The molecule has 1 fully saturated rings. The fourth-order valence-corrected chi connectivity index (χ4v) is 2.53. The van der Waals surface area contributed by atoms with Crippen LogP contribution in [0.3, 0.4) is 0 Å². The molecule has 6 nitrogen and oxygen atoms in total. The molecular weight excluding hydrogens is 258 g/mol. The van der Waals surface area contributed by atoms with Crippen LogP contribution in [-0.2, 0) is 20.9 Å². The molecule has 1 saturated heterocycles. The van der Waals surface area contributed by atoms with E-state index in [1.807, 2.05) is 18.2 Å². The molecule has 1 aliphatic heterocycles. The van der Waals surface area contributed by atoms with Gasteiger partial charge in [-0.15, -0.1) is 0 Å². The molecule has 1 N–H and O–H groups in total. The molecule has 2 aromatic rings. The molecule has 1 unspecified atom stereocenters. The van der Waals surface area contributed by atoms with Crippen molar-refractivity contribution in [3.63, 3.8) is 0 Å². The van der Waals surface area contributed by atoms with E-state index in [1.165, 1.54) is 0 Å². The van der Waals surface area contributed by atoms with Gasteiger partial charge in [-0.1, -0.05) is 12.1 Å². The summed E-state index contributed by atoms with van der Waals surface area (Å²) in [5.74, 6) is -0.808. The standard InChI is InChI=1S/C14H13N3O3/c18-6-5-17-12-7-9(1-2-10(12)8-15-17)11-3-4-13(19)16-14(11)20/h1-2,6-8,11H,3-5H2,(H,16,19,20). The number of nitrogens with one attached hydrogen (secondary N) is 1. The summed E-state index contributed by atoms with van der Waals surface area (Å²) in [6, 6.07) is 5.61. The SMILES string of the molecule is O=CCn1ncc2ccc(C3CCC(=O)NC3=O)cc21. The topological polar surface area (TPSA) is 81.1 Å². The lowest BCUT2D eigenvalue weighted by Gasteiger charge is -2.21. The molecule has 0 bridgehead atoms. The average Bonchev–Trinajstić information content (AvgIpc) is 2.82. The van der Waals surface area contributed by atoms with Gasteiger partial charge in [-0.05, 0) is 18.1 Å². The van der Waals surface area contributed by atoms with Crippen molar-refractivity contribution >= 4 is 29.0 Å². The van der Waals surface area contributed by atoms with E-state index >= 15 is 0 Å². The van der Waals surface area contributed by atoms with Crippen molar-refractivity contribution in [1.29, 1.82) is 0 Å². The number of hydrogen-bond donors (Lipinski definition) is 1. The molecule has 0 saturated carbocycles. The van der Waals surface area contributed by atoms with Crippen LogP contribution in [0.4, 0.5) is 0 Å². The van der Waals surface area contributed by atoms with Gasteiger partial charge >= 0.3 is 0 Å². The Morgan fingerprint density at radius 2 is 2.25 bits per heavy atom. The number of piperidine rings is 1. The molecule has 1 aromatic heterocycles. The first-order valence-electron chi connectivity index (χ1n) is 6.42. The number of hydrogen-bond acceptors (Lipinski definition) is 4. The Morgan fingerprint density at radius 3 is 3.00 bits per heavy atom. The maximum atomic E-state index is 11.9. The summed E-state index contributed by atoms with van der Waals surface area (Å²) in [5, 5.41) is 7.41. The van der Waals surface area contributed by atoms with Crippen LogP contribution in [0.2, 0.25) is 0 Å². The van der Waals surface area contributed by atoms with Crippen LogP contribution in [0.1, 0.15) is 24.3 Å². The van der Waals surface area contributed by atoms with Crippen molar-refractivity contribution in [2.75, 3.05) is 0 Å². The van der Waals surface area contributed by atoms with Crippen molar-refractivity contribution in [2.45, 2.75) is 25.3 Å². The molecule has 3 rings (SSSR count). The second-order valence-electron chi connectivity index (χ2n) is 4.82. The van der Waals surface area contributed by atoms with Crippen molar-refractivity contribution in [3.8, 4) is 0 Å². The van der Waals surface area contributed by atoms with Gasteiger partial charge in [0.05, 0.1) is 24.2 Å². The lowest BCUT2D eigenvalue weighted by atomic mass is 9.90. The van der Waals surface area contributed by atoms with Gasteiger partial charge in [-0.3, -0.25) is 19.6 Å². The Labute approximate surface area is 114 Å². The van der Waals surface area contributed by atoms with E-state index in [1.54, 1.807) is 10.9 Å². The van der Waals surface area contributed by atoms with E-state index in [9.17, 15) is 14.4 Å². The summed E-state index contributed by atoms with van der Waals surface area (Å²) < 4.78 is 1.59. The third kappa shape index (κ3) is 2.09. The van der Waals surface area contributed by atoms with Crippen LogP contribution in [0.25, 0.3) is 10.9 Å². The monoisotopic (exact) mass is 271 g/mol. The fraction of sp³-hybridized carbons (Fsp3) is 0.286. The summed E-state index contributed by atoms with van der Waals surface area (Å²) in [6.45, 7) is 0.183. The molecule has 20 heavy (non-hydrogen) atoms. The van der Waals surface area contributed by atoms with Gasteiger partial charge in [-0.2, -0.15) is 5.10 Å². The second kappa shape index (κ2) is 4.88. The van der Waals surface area contributed by atoms with Gasteiger partial charge in [0.15, 0.2) is 0 Å². The maximum absolute atomic E-state index is 11.9. The van der Waals surface area contributed by atoms with Crippen LogP contribution >= 0.6 is 0 Å². The van der Waals surface area contributed by atoms with Crippen LogP contribution in [-0.4, -0.2) is 27.9 Å². The largest absolute Gasteiger partial charge is 0.301 e. The first-order valence-corrected chi connectivity index (χ1v) is 6.42. The highest BCUT2D eigenvalue weighted by molar-refractivity contribution is 6.01. The molecule has 1 atom stereocenters. The normalized spacial score (nSPS) is 19.1. The van der Waals surface area contributed by atoms with Gasteiger partial charge in [0.25, 0.3) is 0 Å². The first kappa shape index (κ1) is 12.5. The number of rotatable bonds is 3. The molecule has 102 valence electrons. The van der Waals surface area contributed by atoms with Crippen LogP contribution in [0, 0.1) is 0 Å². The molecule has 2 heterocycles. The zero-order valence-electron chi connectivity index (χ0n) is 10.7. The van der Waals surface area contributed by atoms with Gasteiger partial charge in [-0.25, -0.2) is 0 Å². The molecule has 1 aromatic carbocycles. The number of benzene rings is 1. The molecule has 6 heteroatoms. The van der Waals surface area contributed by atoms with Crippen LogP contribution in [0.15, 0.2) is 24.4 Å². The highest BCUT2D eigenvalue weighted by Crippen LogP contribution is 2.27. The smallest absolute Gasteiger partial charge is 0.234 e. The van der Waals surface area contributed by atoms with Crippen LogP contribution in [0.5, 0.6) is 0 Å². The summed E-state index contributed by atoms with van der Waals surface area (Å²) in [6.07, 6.45) is 3.33. The predicted molar refractivity (Wildman–Crippen MR) is 70.9 cm³/mol. The van der Waals surface area contributed by atoms with E-state index in [0.717, 1.165) is 22.8 Å². The number of aromatic nitrogens is 2. The van der Waals surface area contributed by atoms with E-state index in [0.29, 0.717) is 12.8 Å². The van der Waals surface area contributed by atoms with Crippen LogP contribution < -0.4 is 5.32 Å². The van der Waals surface area contributed by atoms with E-state index in [4.69, 9.17) is 0 Å². The minimum atomic E-state index is -0.323. The van der Waals surface area contributed by atoms with Gasteiger partial charge in [0, 0.05) is 11.8 Å². The number of aldehydes is 1. The lowest BCUT2D eigenvalue weighted by Crippen LogP contribution is -2.39. The summed E-state index contributed by atoms with van der Waals surface area (Å²) in [4.78, 5) is 33.7. The van der Waals surface area contributed by atoms with E-state index in [-0.39, 0.29) is 24.3 Å². The van der Waals surface area contributed by atoms with Gasteiger partial charge in [0.2, 0.25) is 11.8 Å². The minimum absolute atomic E-state index is 0.183. The Kier molecular flexibility index (Phi) is 3.06. The van der Waals surface area contributed by atoms with Crippen molar-refractivity contribution in [3.05, 3.63) is 30.0 Å². The Balaban J connectivity index is 1.99.